The molecule has 1 atom stereocenters. The summed E-state index contributed by atoms with van der Waals surface area (Å²) >= 11 is 0. The number of guanidine groups is 1. The highest BCUT2D eigenvalue weighted by atomic mass is 16.5. The molecule has 0 bridgehead atoms. The molecule has 0 saturated carbocycles. The summed E-state index contributed by atoms with van der Waals surface area (Å²) < 4.78 is 16.8. The summed E-state index contributed by atoms with van der Waals surface area (Å²) in [6.07, 6.45) is 9.86. The van der Waals surface area contributed by atoms with Crippen LogP contribution in [0.1, 0.15) is 12.6 Å². The van der Waals surface area contributed by atoms with Gasteiger partial charge in [-0.1, -0.05) is 12.7 Å². The first-order chi connectivity index (χ1) is 20.2. The van der Waals surface area contributed by atoms with Crippen molar-refractivity contribution in [3.05, 3.63) is 60.5 Å². The zero-order valence-corrected chi connectivity index (χ0v) is 23.7. The number of morpholine rings is 3. The number of fused-ring (bicyclic) bond motifs is 1. The second-order valence-corrected chi connectivity index (χ2v) is 10.3. The minimum Gasteiger partial charge on any atom is -0.378 e. The van der Waals surface area contributed by atoms with Gasteiger partial charge >= 0.3 is 0 Å². The van der Waals surface area contributed by atoms with E-state index < -0.39 is 0 Å². The van der Waals surface area contributed by atoms with E-state index in [9.17, 15) is 0 Å². The summed E-state index contributed by atoms with van der Waals surface area (Å²) in [5.41, 5.74) is 7.70. The van der Waals surface area contributed by atoms with E-state index in [-0.39, 0.29) is 5.92 Å². The Balaban J connectivity index is 1.40. The average Bonchev–Trinajstić information content (AvgIpc) is 3.05. The lowest BCUT2D eigenvalue weighted by atomic mass is 9.87. The standard InChI is InChI=1S/C29H39N9O3/c1-3-30-28(36-11-17-40-18-12-36)33-22(2)23-21-32-38-25(5-4-6-26(38)35-9-15-39-16-10-35)27(23)24-7-8-31-29(34-24)37-13-19-41-20-14-37/h3-8,23,32H,1,9-21H2,2H3/b30-28?,33-22+. The van der Waals surface area contributed by atoms with Gasteiger partial charge in [0, 0.05) is 75.4 Å². The second-order valence-electron chi connectivity index (χ2n) is 10.3. The highest BCUT2D eigenvalue weighted by Crippen LogP contribution is 2.36. The largest absolute Gasteiger partial charge is 0.378 e. The quantitative estimate of drug-likeness (QED) is 0.420. The Kier molecular flexibility index (Phi) is 8.71. The van der Waals surface area contributed by atoms with Crippen LogP contribution >= 0.6 is 0 Å². The number of rotatable bonds is 5. The predicted molar refractivity (Wildman–Crippen MR) is 158 cm³/mol. The Labute approximate surface area is 241 Å². The van der Waals surface area contributed by atoms with Crippen LogP contribution in [0.2, 0.25) is 0 Å². The van der Waals surface area contributed by atoms with Crippen molar-refractivity contribution in [1.29, 1.82) is 0 Å². The molecule has 6 heterocycles. The van der Waals surface area contributed by atoms with Gasteiger partial charge in [0.1, 0.15) is 5.82 Å². The molecule has 218 valence electrons. The number of aromatic nitrogens is 2. The van der Waals surface area contributed by atoms with Crippen LogP contribution in [0.3, 0.4) is 0 Å². The molecule has 1 unspecified atom stereocenters. The number of anilines is 1. The minimum absolute atomic E-state index is 0.0431. The summed E-state index contributed by atoms with van der Waals surface area (Å²) in [6, 6.07) is 2.01. The van der Waals surface area contributed by atoms with Crippen molar-refractivity contribution >= 4 is 23.2 Å². The van der Waals surface area contributed by atoms with Crippen molar-refractivity contribution in [3.63, 3.8) is 0 Å². The second kappa shape index (κ2) is 12.9. The fraction of sp³-hybridized carbons (Fsp3) is 0.517. The van der Waals surface area contributed by atoms with E-state index in [0.717, 1.165) is 86.9 Å². The van der Waals surface area contributed by atoms with E-state index in [1.807, 2.05) is 12.3 Å². The number of aliphatic imine (C=N–C) groups is 2. The number of ether oxygens (including phenoxy) is 3. The fourth-order valence-electron chi connectivity index (χ4n) is 5.72. The molecule has 1 N–H and O–H groups in total. The first kappa shape index (κ1) is 27.6. The summed E-state index contributed by atoms with van der Waals surface area (Å²) in [4.78, 5) is 26.1. The molecular weight excluding hydrogens is 522 g/mol. The van der Waals surface area contributed by atoms with E-state index in [1.54, 1.807) is 6.20 Å². The third-order valence-corrected chi connectivity index (χ3v) is 7.88. The van der Waals surface area contributed by atoms with Gasteiger partial charge in [0.15, 0.2) is 0 Å². The van der Waals surface area contributed by atoms with Gasteiger partial charge in [-0.3, -0.25) is 5.01 Å². The maximum Gasteiger partial charge on any atom is 0.226 e. The van der Waals surface area contributed by atoms with Gasteiger partial charge in [0.25, 0.3) is 0 Å². The van der Waals surface area contributed by atoms with Crippen LogP contribution in [-0.4, -0.2) is 122 Å². The van der Waals surface area contributed by atoms with Crippen molar-refractivity contribution in [3.8, 4) is 0 Å². The van der Waals surface area contributed by atoms with Gasteiger partial charge in [0.2, 0.25) is 11.9 Å². The van der Waals surface area contributed by atoms with E-state index in [0.29, 0.717) is 38.9 Å². The van der Waals surface area contributed by atoms with Gasteiger partial charge in [-0.25, -0.2) is 25.4 Å². The van der Waals surface area contributed by atoms with Crippen LogP contribution in [0.5, 0.6) is 0 Å². The van der Waals surface area contributed by atoms with Crippen molar-refractivity contribution in [1.82, 2.24) is 30.2 Å². The number of hydrogen-bond acceptors (Lipinski definition) is 10. The Morgan fingerprint density at radius 3 is 2.39 bits per heavy atom. The molecule has 3 fully saturated rings. The summed E-state index contributed by atoms with van der Waals surface area (Å²) in [7, 11) is 0. The molecule has 5 aliphatic heterocycles. The number of hydrogen-bond donors (Lipinski definition) is 1. The Morgan fingerprint density at radius 2 is 1.68 bits per heavy atom. The topological polar surface area (TPSA) is 103 Å². The lowest BCUT2D eigenvalue weighted by molar-refractivity contribution is 0.0352. The number of hydrazine groups is 1. The third kappa shape index (κ3) is 6.05. The normalized spacial score (nSPS) is 24.4. The summed E-state index contributed by atoms with van der Waals surface area (Å²) in [6.45, 7) is 15.4. The third-order valence-electron chi connectivity index (χ3n) is 7.88. The van der Waals surface area contributed by atoms with Crippen molar-refractivity contribution in [2.24, 2.45) is 15.9 Å². The maximum atomic E-state index is 5.63. The van der Waals surface area contributed by atoms with Gasteiger partial charge in [-0.15, -0.1) is 0 Å². The lowest BCUT2D eigenvalue weighted by Crippen LogP contribution is -2.52. The molecule has 6 rings (SSSR count). The van der Waals surface area contributed by atoms with E-state index in [4.69, 9.17) is 24.2 Å². The molecule has 0 spiro atoms. The first-order valence-corrected chi connectivity index (χ1v) is 14.4. The molecule has 0 aromatic carbocycles. The van der Waals surface area contributed by atoms with E-state index >= 15 is 0 Å². The van der Waals surface area contributed by atoms with Gasteiger partial charge in [-0.05, 0) is 25.1 Å². The van der Waals surface area contributed by atoms with Crippen LogP contribution < -0.4 is 10.3 Å². The molecule has 5 aliphatic rings. The monoisotopic (exact) mass is 561 g/mol. The smallest absolute Gasteiger partial charge is 0.226 e. The van der Waals surface area contributed by atoms with Gasteiger partial charge < -0.3 is 28.9 Å². The molecule has 41 heavy (non-hydrogen) atoms. The Bertz CT molecular complexity index is 1260. The molecule has 0 amide bonds. The van der Waals surface area contributed by atoms with Gasteiger partial charge in [-0.2, -0.15) is 0 Å². The first-order valence-electron chi connectivity index (χ1n) is 14.4. The molecule has 1 aromatic rings. The fourth-order valence-corrected chi connectivity index (χ4v) is 5.72. The van der Waals surface area contributed by atoms with E-state index in [2.05, 4.69) is 66.8 Å². The van der Waals surface area contributed by atoms with Gasteiger partial charge in [0.05, 0.1) is 51.0 Å². The van der Waals surface area contributed by atoms with Crippen molar-refractivity contribution < 1.29 is 14.2 Å². The van der Waals surface area contributed by atoms with Crippen molar-refractivity contribution in [2.75, 3.05) is 90.4 Å². The Hall–Kier alpha value is -3.58. The molecule has 0 aliphatic carbocycles. The molecule has 1 aromatic heterocycles. The SMILES string of the molecule is C=CN=C(/N=C(\C)C1CNN2C(N3CCOCC3)=CC=CC2=C1c1ccnc(N2CCOCC2)n1)N1CCOCC1. The number of nitrogens with one attached hydrogen (secondary N) is 1. The minimum atomic E-state index is -0.0431. The number of nitrogens with zero attached hydrogens (tertiary/aromatic N) is 8. The van der Waals surface area contributed by atoms with Crippen LogP contribution in [0.15, 0.2) is 64.8 Å². The molecule has 12 nitrogen and oxygen atoms in total. The molecule has 0 radical (unpaired) electrons. The van der Waals surface area contributed by atoms with Crippen LogP contribution in [-0.2, 0) is 14.2 Å². The molecular formula is C29H39N9O3. The molecule has 3 saturated heterocycles. The maximum absolute atomic E-state index is 5.63. The zero-order chi connectivity index (χ0) is 28.0. The lowest BCUT2D eigenvalue weighted by Gasteiger charge is -2.44. The highest BCUT2D eigenvalue weighted by Gasteiger charge is 2.35. The number of allylic oxidation sites excluding steroid dienone is 3. The van der Waals surface area contributed by atoms with E-state index in [1.165, 1.54) is 0 Å². The van der Waals surface area contributed by atoms with Crippen LogP contribution in [0.25, 0.3) is 5.57 Å². The van der Waals surface area contributed by atoms with Crippen LogP contribution in [0, 0.1) is 5.92 Å². The highest BCUT2D eigenvalue weighted by molar-refractivity contribution is 6.03. The summed E-state index contributed by atoms with van der Waals surface area (Å²) in [5, 5.41) is 2.20. The molecule has 12 heteroatoms. The Morgan fingerprint density at radius 1 is 1.00 bits per heavy atom. The summed E-state index contributed by atoms with van der Waals surface area (Å²) in [5.74, 6) is 2.46. The zero-order valence-electron chi connectivity index (χ0n) is 23.7. The average molecular weight is 562 g/mol. The predicted octanol–water partition coefficient (Wildman–Crippen LogP) is 1.50. The van der Waals surface area contributed by atoms with Crippen LogP contribution in [0.4, 0.5) is 5.95 Å². The van der Waals surface area contributed by atoms with Crippen molar-refractivity contribution in [2.45, 2.75) is 6.92 Å².